The monoisotopic (exact) mass is 272 g/mol. The van der Waals surface area contributed by atoms with Gasteiger partial charge < -0.3 is 9.47 Å². The van der Waals surface area contributed by atoms with Gasteiger partial charge in [0.2, 0.25) is 0 Å². The van der Waals surface area contributed by atoms with Crippen LogP contribution in [0, 0.1) is 0 Å². The van der Waals surface area contributed by atoms with Gasteiger partial charge in [-0.25, -0.2) is 4.79 Å². The number of rotatable bonds is 4. The molecule has 0 bridgehead atoms. The fourth-order valence-electron chi connectivity index (χ4n) is 1.12. The number of carbonyl (C=O) groups is 1. The standard InChI is InChI=1S/C11H13BrO3/c1-8(11(13)14-2)15-10-5-3-4-9(6-10)7-12/h3-6,8H,7H2,1-2H3/t8-/m0/s1. The van der Waals surface area contributed by atoms with Gasteiger partial charge in [-0.1, -0.05) is 28.1 Å². The van der Waals surface area contributed by atoms with Crippen molar-refractivity contribution in [2.75, 3.05) is 7.11 Å². The average Bonchev–Trinajstić information content (AvgIpc) is 2.28. The molecule has 0 heterocycles. The molecule has 1 atom stereocenters. The van der Waals surface area contributed by atoms with Crippen molar-refractivity contribution in [3.63, 3.8) is 0 Å². The van der Waals surface area contributed by atoms with E-state index in [0.29, 0.717) is 5.75 Å². The second-order valence-corrected chi connectivity index (χ2v) is 3.63. The maximum atomic E-state index is 11.1. The summed E-state index contributed by atoms with van der Waals surface area (Å²) >= 11 is 3.35. The van der Waals surface area contributed by atoms with Crippen LogP contribution in [0.5, 0.6) is 5.75 Å². The molecule has 82 valence electrons. The molecule has 0 aliphatic carbocycles. The number of hydrogen-bond donors (Lipinski definition) is 0. The van der Waals surface area contributed by atoms with Crippen molar-refractivity contribution in [3.05, 3.63) is 29.8 Å². The van der Waals surface area contributed by atoms with Gasteiger partial charge >= 0.3 is 5.97 Å². The Balaban J connectivity index is 2.67. The molecule has 15 heavy (non-hydrogen) atoms. The minimum atomic E-state index is -0.583. The van der Waals surface area contributed by atoms with Crippen molar-refractivity contribution in [1.29, 1.82) is 0 Å². The van der Waals surface area contributed by atoms with Crippen LogP contribution in [0.3, 0.4) is 0 Å². The normalized spacial score (nSPS) is 11.9. The van der Waals surface area contributed by atoms with Crippen LogP contribution in [-0.2, 0) is 14.9 Å². The molecule has 0 spiro atoms. The van der Waals surface area contributed by atoms with Crippen LogP contribution >= 0.6 is 15.9 Å². The van der Waals surface area contributed by atoms with Crippen molar-refractivity contribution >= 4 is 21.9 Å². The van der Waals surface area contributed by atoms with Crippen LogP contribution in [0.2, 0.25) is 0 Å². The second kappa shape index (κ2) is 5.75. The SMILES string of the molecule is COC(=O)[C@H](C)Oc1cccc(CBr)c1. The summed E-state index contributed by atoms with van der Waals surface area (Å²) in [5, 5.41) is 0.761. The first kappa shape index (κ1) is 12.0. The molecular weight excluding hydrogens is 260 g/mol. The second-order valence-electron chi connectivity index (χ2n) is 3.06. The van der Waals surface area contributed by atoms with Crippen molar-refractivity contribution in [3.8, 4) is 5.75 Å². The van der Waals surface area contributed by atoms with E-state index in [1.165, 1.54) is 7.11 Å². The predicted molar refractivity (Wildman–Crippen MR) is 61.2 cm³/mol. The first-order chi connectivity index (χ1) is 7.17. The Bertz CT molecular complexity index is 338. The molecule has 0 saturated heterocycles. The molecule has 1 aromatic carbocycles. The summed E-state index contributed by atoms with van der Waals surface area (Å²) in [6.45, 7) is 1.66. The summed E-state index contributed by atoms with van der Waals surface area (Å²) in [4.78, 5) is 11.1. The van der Waals surface area contributed by atoms with E-state index >= 15 is 0 Å². The first-order valence-corrected chi connectivity index (χ1v) is 5.69. The summed E-state index contributed by atoms with van der Waals surface area (Å²) in [6.07, 6.45) is -0.583. The molecule has 0 aromatic heterocycles. The van der Waals surface area contributed by atoms with Crippen LogP contribution in [0.1, 0.15) is 12.5 Å². The van der Waals surface area contributed by atoms with Gasteiger partial charge in [0.05, 0.1) is 7.11 Å². The van der Waals surface area contributed by atoms with E-state index < -0.39 is 6.10 Å². The molecule has 0 fully saturated rings. The number of alkyl halides is 1. The number of carbonyl (C=O) groups excluding carboxylic acids is 1. The number of hydrogen-bond acceptors (Lipinski definition) is 3. The third-order valence-electron chi connectivity index (χ3n) is 1.90. The predicted octanol–water partition coefficient (Wildman–Crippen LogP) is 2.52. The lowest BCUT2D eigenvalue weighted by atomic mass is 10.2. The van der Waals surface area contributed by atoms with Crippen molar-refractivity contribution in [2.24, 2.45) is 0 Å². The van der Waals surface area contributed by atoms with Gasteiger partial charge in [0.15, 0.2) is 6.10 Å². The highest BCUT2D eigenvalue weighted by atomic mass is 79.9. The molecule has 1 aromatic rings. The number of esters is 1. The topological polar surface area (TPSA) is 35.5 Å². The van der Waals surface area contributed by atoms with Gasteiger partial charge in [-0.15, -0.1) is 0 Å². The number of ether oxygens (including phenoxy) is 2. The van der Waals surface area contributed by atoms with Crippen LogP contribution < -0.4 is 4.74 Å². The van der Waals surface area contributed by atoms with E-state index in [1.807, 2.05) is 24.3 Å². The van der Waals surface area contributed by atoms with E-state index in [2.05, 4.69) is 20.7 Å². The maximum Gasteiger partial charge on any atom is 0.346 e. The zero-order valence-electron chi connectivity index (χ0n) is 8.70. The number of halogens is 1. The highest BCUT2D eigenvalue weighted by Gasteiger charge is 2.14. The van der Waals surface area contributed by atoms with Gasteiger partial charge in [-0.3, -0.25) is 0 Å². The average molecular weight is 273 g/mol. The Morgan fingerprint density at radius 3 is 2.87 bits per heavy atom. The Morgan fingerprint density at radius 1 is 1.53 bits per heavy atom. The van der Waals surface area contributed by atoms with E-state index in [1.54, 1.807) is 6.92 Å². The molecular formula is C11H13BrO3. The molecule has 1 rings (SSSR count). The third kappa shape index (κ3) is 3.55. The number of benzene rings is 1. The van der Waals surface area contributed by atoms with Crippen LogP contribution in [0.15, 0.2) is 24.3 Å². The fourth-order valence-corrected chi connectivity index (χ4v) is 1.47. The Morgan fingerprint density at radius 2 is 2.27 bits per heavy atom. The summed E-state index contributed by atoms with van der Waals surface area (Å²) in [5.41, 5.74) is 1.10. The summed E-state index contributed by atoms with van der Waals surface area (Å²) in [6, 6.07) is 7.56. The largest absolute Gasteiger partial charge is 0.479 e. The lowest BCUT2D eigenvalue weighted by Crippen LogP contribution is -2.24. The van der Waals surface area contributed by atoms with E-state index in [9.17, 15) is 4.79 Å². The molecule has 0 radical (unpaired) electrons. The fraction of sp³-hybridized carbons (Fsp3) is 0.364. The third-order valence-corrected chi connectivity index (χ3v) is 2.55. The van der Waals surface area contributed by atoms with E-state index in [-0.39, 0.29) is 5.97 Å². The molecule has 3 nitrogen and oxygen atoms in total. The van der Waals surface area contributed by atoms with Crippen molar-refractivity contribution < 1.29 is 14.3 Å². The molecule has 0 unspecified atom stereocenters. The first-order valence-electron chi connectivity index (χ1n) is 4.56. The van der Waals surface area contributed by atoms with E-state index in [0.717, 1.165) is 10.9 Å². The molecule has 0 saturated carbocycles. The Labute approximate surface area is 97.5 Å². The van der Waals surface area contributed by atoms with Crippen molar-refractivity contribution in [1.82, 2.24) is 0 Å². The minimum Gasteiger partial charge on any atom is -0.479 e. The highest BCUT2D eigenvalue weighted by molar-refractivity contribution is 9.08. The van der Waals surface area contributed by atoms with Gasteiger partial charge in [-0.2, -0.15) is 0 Å². The lowest BCUT2D eigenvalue weighted by molar-refractivity contribution is -0.147. The van der Waals surface area contributed by atoms with Crippen LogP contribution in [0.25, 0.3) is 0 Å². The zero-order valence-corrected chi connectivity index (χ0v) is 10.3. The van der Waals surface area contributed by atoms with Crippen LogP contribution in [0.4, 0.5) is 0 Å². The molecule has 0 aliphatic heterocycles. The van der Waals surface area contributed by atoms with Gasteiger partial charge in [0, 0.05) is 5.33 Å². The van der Waals surface area contributed by atoms with Crippen LogP contribution in [-0.4, -0.2) is 19.2 Å². The van der Waals surface area contributed by atoms with E-state index in [4.69, 9.17) is 4.74 Å². The number of methoxy groups -OCH3 is 1. The minimum absolute atomic E-state index is 0.376. The molecule has 0 aliphatic rings. The smallest absolute Gasteiger partial charge is 0.346 e. The van der Waals surface area contributed by atoms with Crippen molar-refractivity contribution in [2.45, 2.75) is 18.4 Å². The molecule has 4 heteroatoms. The van der Waals surface area contributed by atoms with Gasteiger partial charge in [-0.05, 0) is 24.6 Å². The molecule has 0 N–H and O–H groups in total. The Hall–Kier alpha value is -1.03. The molecule has 0 amide bonds. The van der Waals surface area contributed by atoms with Gasteiger partial charge in [0.1, 0.15) is 5.75 Å². The quantitative estimate of drug-likeness (QED) is 0.624. The van der Waals surface area contributed by atoms with Gasteiger partial charge in [0.25, 0.3) is 0 Å². The summed E-state index contributed by atoms with van der Waals surface area (Å²) < 4.78 is 9.98. The summed E-state index contributed by atoms with van der Waals surface area (Å²) in [5.74, 6) is 0.295. The summed E-state index contributed by atoms with van der Waals surface area (Å²) in [7, 11) is 1.34. The lowest BCUT2D eigenvalue weighted by Gasteiger charge is -2.12. The Kier molecular flexibility index (Phi) is 4.62. The highest BCUT2D eigenvalue weighted by Crippen LogP contribution is 2.16. The maximum absolute atomic E-state index is 11.1. The zero-order chi connectivity index (χ0) is 11.3.